The van der Waals surface area contributed by atoms with Crippen LogP contribution in [0, 0.1) is 0 Å². The van der Waals surface area contributed by atoms with Crippen LogP contribution in [0.5, 0.6) is 5.75 Å². The summed E-state index contributed by atoms with van der Waals surface area (Å²) in [6, 6.07) is 1.79. The molecule has 2 aromatic rings. The third kappa shape index (κ3) is 2.55. The zero-order chi connectivity index (χ0) is 14.1. The fourth-order valence-corrected chi connectivity index (χ4v) is 2.73. The van der Waals surface area contributed by atoms with E-state index in [1.54, 1.807) is 16.8 Å². The highest BCUT2D eigenvalue weighted by atomic mass is 79.9. The van der Waals surface area contributed by atoms with Gasteiger partial charge in [0.05, 0.1) is 11.0 Å². The van der Waals surface area contributed by atoms with Crippen molar-refractivity contribution >= 4 is 27.7 Å². The summed E-state index contributed by atoms with van der Waals surface area (Å²) < 4.78 is 8.48. The number of ether oxygens (including phenoxy) is 1. The average molecular weight is 341 g/mol. The molecular weight excluding hydrogens is 328 g/mol. The highest BCUT2D eigenvalue weighted by Crippen LogP contribution is 2.28. The second-order valence-corrected chi connectivity index (χ2v) is 5.55. The van der Waals surface area contributed by atoms with Gasteiger partial charge in [-0.15, -0.1) is 10.2 Å². The van der Waals surface area contributed by atoms with Gasteiger partial charge in [-0.05, 0) is 28.8 Å². The van der Waals surface area contributed by atoms with Gasteiger partial charge in [0.15, 0.2) is 5.65 Å². The van der Waals surface area contributed by atoms with Gasteiger partial charge in [0.25, 0.3) is 0 Å². The number of rotatable bonds is 2. The quantitative estimate of drug-likeness (QED) is 0.904. The Morgan fingerprint density at radius 3 is 3.20 bits per heavy atom. The molecule has 0 aromatic carbocycles. The second-order valence-electron chi connectivity index (χ2n) is 4.69. The Morgan fingerprint density at radius 2 is 2.40 bits per heavy atom. The van der Waals surface area contributed by atoms with Crippen molar-refractivity contribution in [3.05, 3.63) is 23.1 Å². The Labute approximate surface area is 123 Å². The molecular formula is C12H13BrN4O3. The molecule has 0 unspecified atom stereocenters. The van der Waals surface area contributed by atoms with Crippen LogP contribution in [0.25, 0.3) is 5.65 Å². The third-order valence-electron chi connectivity index (χ3n) is 3.29. The van der Waals surface area contributed by atoms with Gasteiger partial charge in [0.1, 0.15) is 18.2 Å². The predicted octanol–water partition coefficient (Wildman–Crippen LogP) is 2.01. The van der Waals surface area contributed by atoms with E-state index in [0.717, 1.165) is 17.3 Å². The van der Waals surface area contributed by atoms with Crippen LogP contribution in [0.3, 0.4) is 0 Å². The molecule has 0 aliphatic carbocycles. The molecule has 8 heteroatoms. The first-order valence-electron chi connectivity index (χ1n) is 6.27. The molecule has 1 atom stereocenters. The summed E-state index contributed by atoms with van der Waals surface area (Å²) in [4.78, 5) is 12.4. The molecule has 1 amide bonds. The largest absolute Gasteiger partial charge is 0.487 e. The summed E-state index contributed by atoms with van der Waals surface area (Å²) in [5.74, 6) is 0.655. The number of halogens is 1. The van der Waals surface area contributed by atoms with Crippen LogP contribution in [0.4, 0.5) is 4.79 Å². The van der Waals surface area contributed by atoms with Gasteiger partial charge in [-0.1, -0.05) is 0 Å². The minimum absolute atomic E-state index is 0.137. The van der Waals surface area contributed by atoms with Gasteiger partial charge in [-0.2, -0.15) is 0 Å². The summed E-state index contributed by atoms with van der Waals surface area (Å²) in [7, 11) is 0. The smallest absolute Gasteiger partial charge is 0.407 e. The average Bonchev–Trinajstić information content (AvgIpc) is 2.86. The van der Waals surface area contributed by atoms with Gasteiger partial charge in [0.2, 0.25) is 0 Å². The first kappa shape index (κ1) is 13.2. The predicted molar refractivity (Wildman–Crippen MR) is 73.9 cm³/mol. The Kier molecular flexibility index (Phi) is 3.47. The molecule has 106 valence electrons. The molecule has 1 fully saturated rings. The standard InChI is InChI=1S/C12H13BrN4O3/c13-9-6-17-7-14-15-11(17)4-10(9)20-8-2-1-3-16(5-8)12(18)19/h4,6-8H,1-3,5H2,(H,18,19)/t8-/m1/s1. The van der Waals surface area contributed by atoms with Crippen molar-refractivity contribution in [2.24, 2.45) is 0 Å². The molecule has 2 aromatic heterocycles. The number of pyridine rings is 1. The van der Waals surface area contributed by atoms with Crippen molar-refractivity contribution in [2.75, 3.05) is 13.1 Å². The number of amides is 1. The van der Waals surface area contributed by atoms with Crippen molar-refractivity contribution < 1.29 is 14.6 Å². The molecule has 3 heterocycles. The maximum atomic E-state index is 11.0. The summed E-state index contributed by atoms with van der Waals surface area (Å²) in [5, 5.41) is 16.8. The highest BCUT2D eigenvalue weighted by Gasteiger charge is 2.25. The van der Waals surface area contributed by atoms with Crippen LogP contribution in [0.1, 0.15) is 12.8 Å². The van der Waals surface area contributed by atoms with Crippen molar-refractivity contribution in [1.82, 2.24) is 19.5 Å². The van der Waals surface area contributed by atoms with Crippen LogP contribution in [0.15, 0.2) is 23.1 Å². The summed E-state index contributed by atoms with van der Waals surface area (Å²) in [5.41, 5.74) is 0.689. The number of likely N-dealkylation sites (tertiary alicyclic amines) is 1. The number of carbonyl (C=O) groups is 1. The van der Waals surface area contributed by atoms with Crippen LogP contribution in [-0.2, 0) is 0 Å². The molecule has 1 saturated heterocycles. The Balaban J connectivity index is 1.78. The Hall–Kier alpha value is -1.83. The number of carboxylic acid groups (broad SMARTS) is 1. The van der Waals surface area contributed by atoms with Crippen molar-refractivity contribution in [1.29, 1.82) is 0 Å². The van der Waals surface area contributed by atoms with Crippen molar-refractivity contribution in [3.63, 3.8) is 0 Å². The van der Waals surface area contributed by atoms with E-state index in [1.165, 1.54) is 4.90 Å². The van der Waals surface area contributed by atoms with E-state index < -0.39 is 6.09 Å². The molecule has 1 N–H and O–H groups in total. The zero-order valence-corrected chi connectivity index (χ0v) is 12.2. The third-order valence-corrected chi connectivity index (χ3v) is 3.89. The number of nitrogens with zero attached hydrogens (tertiary/aromatic N) is 4. The first-order chi connectivity index (χ1) is 9.63. The van der Waals surface area contributed by atoms with Crippen LogP contribution in [0.2, 0.25) is 0 Å². The van der Waals surface area contributed by atoms with Gasteiger partial charge >= 0.3 is 6.09 Å². The normalized spacial score (nSPS) is 19.2. The lowest BCUT2D eigenvalue weighted by molar-refractivity contribution is 0.0788. The number of fused-ring (bicyclic) bond motifs is 1. The number of hydrogen-bond donors (Lipinski definition) is 1. The van der Waals surface area contributed by atoms with E-state index in [4.69, 9.17) is 9.84 Å². The van der Waals surface area contributed by atoms with E-state index >= 15 is 0 Å². The lowest BCUT2D eigenvalue weighted by Gasteiger charge is -2.31. The summed E-state index contributed by atoms with van der Waals surface area (Å²) >= 11 is 3.44. The van der Waals surface area contributed by atoms with Crippen LogP contribution in [-0.4, -0.2) is 49.9 Å². The Bertz CT molecular complexity index is 645. The maximum Gasteiger partial charge on any atom is 0.407 e. The molecule has 0 saturated carbocycles. The molecule has 0 bridgehead atoms. The SMILES string of the molecule is O=C(O)N1CCC[C@@H](Oc2cc3nncn3cc2Br)C1. The van der Waals surface area contributed by atoms with E-state index in [-0.39, 0.29) is 6.10 Å². The fourth-order valence-electron chi connectivity index (χ4n) is 2.30. The zero-order valence-electron chi connectivity index (χ0n) is 10.6. The van der Waals surface area contributed by atoms with Crippen LogP contribution >= 0.6 is 15.9 Å². The topological polar surface area (TPSA) is 80.0 Å². The number of piperidine rings is 1. The molecule has 7 nitrogen and oxygen atoms in total. The molecule has 0 spiro atoms. The monoisotopic (exact) mass is 340 g/mol. The van der Waals surface area contributed by atoms with Crippen molar-refractivity contribution in [2.45, 2.75) is 18.9 Å². The van der Waals surface area contributed by atoms with Gasteiger partial charge in [-0.3, -0.25) is 4.40 Å². The maximum absolute atomic E-state index is 11.0. The van der Waals surface area contributed by atoms with Gasteiger partial charge in [-0.25, -0.2) is 4.79 Å². The van der Waals surface area contributed by atoms with Crippen molar-refractivity contribution in [3.8, 4) is 5.75 Å². The fraction of sp³-hybridized carbons (Fsp3) is 0.417. The number of aromatic nitrogens is 3. The van der Waals surface area contributed by atoms with E-state index in [9.17, 15) is 4.79 Å². The Morgan fingerprint density at radius 1 is 1.55 bits per heavy atom. The van der Waals surface area contributed by atoms with Gasteiger partial charge in [0, 0.05) is 18.8 Å². The van der Waals surface area contributed by atoms with Crippen LogP contribution < -0.4 is 4.74 Å². The lowest BCUT2D eigenvalue weighted by Crippen LogP contribution is -2.43. The molecule has 3 rings (SSSR count). The molecule has 20 heavy (non-hydrogen) atoms. The molecule has 1 aliphatic rings. The second kappa shape index (κ2) is 5.28. The highest BCUT2D eigenvalue weighted by molar-refractivity contribution is 9.10. The molecule has 0 radical (unpaired) electrons. The summed E-state index contributed by atoms with van der Waals surface area (Å²) in [6.07, 6.45) is 4.04. The molecule has 1 aliphatic heterocycles. The van der Waals surface area contributed by atoms with E-state index in [0.29, 0.717) is 24.5 Å². The minimum Gasteiger partial charge on any atom is -0.487 e. The van der Waals surface area contributed by atoms with E-state index in [2.05, 4.69) is 26.1 Å². The van der Waals surface area contributed by atoms with E-state index in [1.807, 2.05) is 6.20 Å². The summed E-state index contributed by atoms with van der Waals surface area (Å²) in [6.45, 7) is 0.958. The number of hydrogen-bond acceptors (Lipinski definition) is 4. The van der Waals surface area contributed by atoms with Gasteiger partial charge < -0.3 is 14.7 Å². The first-order valence-corrected chi connectivity index (χ1v) is 7.06. The lowest BCUT2D eigenvalue weighted by atomic mass is 10.1. The minimum atomic E-state index is -0.898.